The first-order valence-electron chi connectivity index (χ1n) is 6.50. The van der Waals surface area contributed by atoms with Crippen LogP contribution in [-0.2, 0) is 4.79 Å². The molecule has 0 aliphatic carbocycles. The lowest BCUT2D eigenvalue weighted by atomic mass is 10.1. The number of hydrogen-bond donors (Lipinski definition) is 3. The fourth-order valence-electron chi connectivity index (χ4n) is 1.98. The molecule has 6 nitrogen and oxygen atoms in total. The quantitative estimate of drug-likeness (QED) is 0.662. The Labute approximate surface area is 119 Å². The summed E-state index contributed by atoms with van der Waals surface area (Å²) in [5.41, 5.74) is 12.9. The molecule has 0 atom stereocenters. The molecule has 2 amide bonds. The fraction of sp³-hybridized carbons (Fsp3) is 0.429. The van der Waals surface area contributed by atoms with Crippen molar-refractivity contribution in [1.29, 1.82) is 0 Å². The smallest absolute Gasteiger partial charge is 0.251 e. The predicted molar refractivity (Wildman–Crippen MR) is 80.5 cm³/mol. The van der Waals surface area contributed by atoms with Crippen molar-refractivity contribution in [2.45, 2.75) is 13.8 Å². The Balaban J connectivity index is 3.16. The second kappa shape index (κ2) is 6.79. The normalized spacial score (nSPS) is 10.4. The van der Waals surface area contributed by atoms with Gasteiger partial charge in [0.05, 0.1) is 17.9 Å². The van der Waals surface area contributed by atoms with Crippen LogP contribution in [0.5, 0.6) is 0 Å². The number of nitrogens with zero attached hydrogens (tertiary/aromatic N) is 1. The molecule has 1 rings (SSSR count). The summed E-state index contributed by atoms with van der Waals surface area (Å²) in [5, 5.41) is 2.56. The summed E-state index contributed by atoms with van der Waals surface area (Å²) in [6.45, 7) is 4.77. The zero-order valence-electron chi connectivity index (χ0n) is 12.1. The maximum absolute atomic E-state index is 11.7. The Morgan fingerprint density at radius 1 is 1.35 bits per heavy atom. The minimum Gasteiger partial charge on any atom is -0.397 e. The summed E-state index contributed by atoms with van der Waals surface area (Å²) >= 11 is 0. The molecule has 0 saturated heterocycles. The largest absolute Gasteiger partial charge is 0.397 e. The third-order valence-corrected chi connectivity index (χ3v) is 2.79. The average molecular weight is 278 g/mol. The highest BCUT2D eigenvalue weighted by Crippen LogP contribution is 2.25. The summed E-state index contributed by atoms with van der Waals surface area (Å²) in [6, 6.07) is 4.99. The van der Waals surface area contributed by atoms with Crippen molar-refractivity contribution in [1.82, 2.24) is 5.32 Å². The van der Waals surface area contributed by atoms with Crippen LogP contribution in [-0.4, -0.2) is 32.0 Å². The number of primary amides is 1. The number of carbonyl (C=O) groups excluding carboxylic acids is 2. The van der Waals surface area contributed by atoms with Gasteiger partial charge in [0.15, 0.2) is 0 Å². The van der Waals surface area contributed by atoms with Crippen LogP contribution in [0.1, 0.15) is 24.2 Å². The first kappa shape index (κ1) is 15.8. The van der Waals surface area contributed by atoms with Crippen molar-refractivity contribution >= 4 is 23.2 Å². The van der Waals surface area contributed by atoms with E-state index in [9.17, 15) is 9.59 Å². The molecule has 5 N–H and O–H groups in total. The molecule has 1 aromatic rings. The zero-order valence-corrected chi connectivity index (χ0v) is 12.1. The highest BCUT2D eigenvalue weighted by atomic mass is 16.2. The van der Waals surface area contributed by atoms with E-state index in [1.807, 2.05) is 13.8 Å². The number of nitrogens with one attached hydrogen (secondary N) is 1. The highest BCUT2D eigenvalue weighted by molar-refractivity contribution is 5.96. The van der Waals surface area contributed by atoms with Crippen LogP contribution in [0.15, 0.2) is 18.2 Å². The van der Waals surface area contributed by atoms with Gasteiger partial charge in [0.1, 0.15) is 0 Å². The molecule has 20 heavy (non-hydrogen) atoms. The van der Waals surface area contributed by atoms with E-state index in [1.54, 1.807) is 30.1 Å². The van der Waals surface area contributed by atoms with Gasteiger partial charge in [-0.2, -0.15) is 0 Å². The number of rotatable bonds is 6. The van der Waals surface area contributed by atoms with Crippen molar-refractivity contribution in [3.8, 4) is 0 Å². The third kappa shape index (κ3) is 4.15. The molecule has 0 radical (unpaired) electrons. The SMILES string of the molecule is CNC(=O)c1ccc(N)c(N(CC(N)=O)CC(C)C)c1. The number of nitrogens with two attached hydrogens (primary N) is 2. The summed E-state index contributed by atoms with van der Waals surface area (Å²) in [4.78, 5) is 24.7. The number of anilines is 2. The van der Waals surface area contributed by atoms with Crippen molar-refractivity contribution in [2.24, 2.45) is 11.7 Å². The Morgan fingerprint density at radius 3 is 2.50 bits per heavy atom. The van der Waals surface area contributed by atoms with Crippen LogP contribution in [0, 0.1) is 5.92 Å². The van der Waals surface area contributed by atoms with Crippen molar-refractivity contribution < 1.29 is 9.59 Å². The molecule has 0 fully saturated rings. The number of hydrogen-bond acceptors (Lipinski definition) is 4. The van der Waals surface area contributed by atoms with Gasteiger partial charge in [-0.3, -0.25) is 9.59 Å². The molecule has 0 bridgehead atoms. The van der Waals surface area contributed by atoms with Crippen LogP contribution in [0.3, 0.4) is 0 Å². The van der Waals surface area contributed by atoms with Crippen LogP contribution in [0.25, 0.3) is 0 Å². The number of amides is 2. The van der Waals surface area contributed by atoms with Gasteiger partial charge in [0.25, 0.3) is 5.91 Å². The lowest BCUT2D eigenvalue weighted by Gasteiger charge is -2.27. The Kier molecular flexibility index (Phi) is 5.37. The Morgan fingerprint density at radius 2 is 2.00 bits per heavy atom. The van der Waals surface area contributed by atoms with E-state index in [1.165, 1.54) is 0 Å². The van der Waals surface area contributed by atoms with Crippen molar-refractivity contribution in [3.63, 3.8) is 0 Å². The maximum Gasteiger partial charge on any atom is 0.251 e. The van der Waals surface area contributed by atoms with Crippen LogP contribution in [0.2, 0.25) is 0 Å². The van der Waals surface area contributed by atoms with E-state index in [0.29, 0.717) is 29.4 Å². The van der Waals surface area contributed by atoms with Gasteiger partial charge in [0, 0.05) is 19.2 Å². The molecule has 1 aromatic carbocycles. The summed E-state index contributed by atoms with van der Waals surface area (Å²) < 4.78 is 0. The Hall–Kier alpha value is -2.24. The molecular weight excluding hydrogens is 256 g/mol. The Bertz CT molecular complexity index is 500. The van der Waals surface area contributed by atoms with E-state index in [0.717, 1.165) is 0 Å². The first-order valence-corrected chi connectivity index (χ1v) is 6.50. The average Bonchev–Trinajstić information content (AvgIpc) is 2.36. The molecular formula is C14H22N4O2. The van der Waals surface area contributed by atoms with Gasteiger partial charge >= 0.3 is 0 Å². The molecule has 110 valence electrons. The van der Waals surface area contributed by atoms with E-state index >= 15 is 0 Å². The van der Waals surface area contributed by atoms with Gasteiger partial charge in [-0.05, 0) is 24.1 Å². The summed E-state index contributed by atoms with van der Waals surface area (Å²) in [5.74, 6) is -0.303. The zero-order chi connectivity index (χ0) is 15.3. The molecule has 0 spiro atoms. The van der Waals surface area contributed by atoms with Crippen molar-refractivity contribution in [3.05, 3.63) is 23.8 Å². The lowest BCUT2D eigenvalue weighted by Crippen LogP contribution is -2.36. The van der Waals surface area contributed by atoms with Crippen LogP contribution in [0.4, 0.5) is 11.4 Å². The number of benzene rings is 1. The highest BCUT2D eigenvalue weighted by Gasteiger charge is 2.16. The van der Waals surface area contributed by atoms with E-state index < -0.39 is 5.91 Å². The molecule has 0 saturated carbocycles. The topological polar surface area (TPSA) is 101 Å². The predicted octanol–water partition coefficient (Wildman–Crippen LogP) is 0.576. The molecule has 0 aliphatic rings. The van der Waals surface area contributed by atoms with E-state index in [4.69, 9.17) is 11.5 Å². The van der Waals surface area contributed by atoms with Gasteiger partial charge in [-0.1, -0.05) is 13.8 Å². The van der Waals surface area contributed by atoms with Crippen LogP contribution < -0.4 is 21.7 Å². The summed E-state index contributed by atoms with van der Waals surface area (Å²) in [6.07, 6.45) is 0. The fourth-order valence-corrected chi connectivity index (χ4v) is 1.98. The minimum atomic E-state index is -0.435. The minimum absolute atomic E-state index is 0.0690. The lowest BCUT2D eigenvalue weighted by molar-refractivity contribution is -0.116. The number of carbonyl (C=O) groups is 2. The van der Waals surface area contributed by atoms with Crippen molar-refractivity contribution in [2.75, 3.05) is 30.8 Å². The standard InChI is InChI=1S/C14H22N4O2/c1-9(2)7-18(8-13(16)19)12-6-10(14(20)17-3)4-5-11(12)15/h4-6,9H,7-8,15H2,1-3H3,(H2,16,19)(H,17,20). The third-order valence-electron chi connectivity index (χ3n) is 2.79. The molecule has 0 aliphatic heterocycles. The molecule has 0 aromatic heterocycles. The van der Waals surface area contributed by atoms with E-state index in [-0.39, 0.29) is 12.5 Å². The van der Waals surface area contributed by atoms with Crippen LogP contribution >= 0.6 is 0 Å². The van der Waals surface area contributed by atoms with Gasteiger partial charge in [-0.25, -0.2) is 0 Å². The summed E-state index contributed by atoms with van der Waals surface area (Å²) in [7, 11) is 1.56. The van der Waals surface area contributed by atoms with E-state index in [2.05, 4.69) is 5.32 Å². The van der Waals surface area contributed by atoms with Gasteiger partial charge in [0.2, 0.25) is 5.91 Å². The molecule has 0 heterocycles. The maximum atomic E-state index is 11.7. The first-order chi connectivity index (χ1) is 9.35. The van der Waals surface area contributed by atoms with Gasteiger partial charge < -0.3 is 21.7 Å². The second-order valence-corrected chi connectivity index (χ2v) is 5.09. The monoisotopic (exact) mass is 278 g/mol. The van der Waals surface area contributed by atoms with Gasteiger partial charge in [-0.15, -0.1) is 0 Å². The molecule has 0 unspecified atom stereocenters. The molecule has 6 heteroatoms. The second-order valence-electron chi connectivity index (χ2n) is 5.09. The number of nitrogen functional groups attached to an aromatic ring is 1.